The topological polar surface area (TPSA) is 28.4 Å². The van der Waals surface area contributed by atoms with Gasteiger partial charge in [-0.15, -0.1) is 0 Å². The highest BCUT2D eigenvalue weighted by Gasteiger charge is 2.10. The fourth-order valence-electron chi connectivity index (χ4n) is 1.17. The van der Waals surface area contributed by atoms with Gasteiger partial charge in [-0.2, -0.15) is 0 Å². The van der Waals surface area contributed by atoms with E-state index < -0.39 is 0 Å². The predicted molar refractivity (Wildman–Crippen MR) is 58.3 cm³/mol. The number of nitrogens with zero attached hydrogens (tertiary/aromatic N) is 1. The molecule has 14 heavy (non-hydrogen) atoms. The van der Waals surface area contributed by atoms with E-state index >= 15 is 0 Å². The summed E-state index contributed by atoms with van der Waals surface area (Å²) in [6.45, 7) is 5.28. The molecule has 0 saturated heterocycles. The summed E-state index contributed by atoms with van der Waals surface area (Å²) >= 11 is 0. The van der Waals surface area contributed by atoms with E-state index in [1.54, 1.807) is 6.26 Å². The Hall–Kier alpha value is -0.800. The van der Waals surface area contributed by atoms with E-state index in [9.17, 15) is 0 Å². The molecule has 0 aliphatic rings. The summed E-state index contributed by atoms with van der Waals surface area (Å²) in [6.07, 6.45) is 1.71. The molecule has 2 unspecified atom stereocenters. The lowest BCUT2D eigenvalue weighted by Gasteiger charge is -2.22. The molecule has 1 heterocycles. The van der Waals surface area contributed by atoms with Crippen molar-refractivity contribution in [2.75, 3.05) is 20.6 Å². The van der Waals surface area contributed by atoms with Crippen molar-refractivity contribution in [1.29, 1.82) is 0 Å². The second-order valence-electron chi connectivity index (χ2n) is 3.96. The number of rotatable bonds is 5. The van der Waals surface area contributed by atoms with Gasteiger partial charge in [-0.1, -0.05) is 0 Å². The quantitative estimate of drug-likeness (QED) is 0.779. The fourth-order valence-corrected chi connectivity index (χ4v) is 1.17. The van der Waals surface area contributed by atoms with E-state index in [2.05, 4.69) is 38.2 Å². The van der Waals surface area contributed by atoms with Crippen molar-refractivity contribution in [3.05, 3.63) is 24.2 Å². The summed E-state index contributed by atoms with van der Waals surface area (Å²) < 4.78 is 5.31. The average Bonchev–Trinajstić information content (AvgIpc) is 2.66. The molecular weight excluding hydrogens is 176 g/mol. The van der Waals surface area contributed by atoms with Crippen molar-refractivity contribution in [2.24, 2.45) is 0 Å². The normalized spacial score (nSPS) is 15.8. The van der Waals surface area contributed by atoms with Crippen LogP contribution >= 0.6 is 0 Å². The van der Waals surface area contributed by atoms with Gasteiger partial charge >= 0.3 is 0 Å². The minimum Gasteiger partial charge on any atom is -0.468 e. The highest BCUT2D eigenvalue weighted by Crippen LogP contribution is 2.11. The number of hydrogen-bond donors (Lipinski definition) is 1. The molecule has 3 heteroatoms. The molecular formula is C11H20N2O. The Bertz CT molecular complexity index is 244. The molecule has 1 N–H and O–H groups in total. The van der Waals surface area contributed by atoms with Crippen LogP contribution in [0.2, 0.25) is 0 Å². The molecule has 0 amide bonds. The molecule has 0 aromatic carbocycles. The monoisotopic (exact) mass is 196 g/mol. The summed E-state index contributed by atoms with van der Waals surface area (Å²) in [7, 11) is 4.17. The van der Waals surface area contributed by atoms with Crippen molar-refractivity contribution >= 4 is 0 Å². The first-order valence-electron chi connectivity index (χ1n) is 5.04. The van der Waals surface area contributed by atoms with Gasteiger partial charge in [0.1, 0.15) is 5.76 Å². The van der Waals surface area contributed by atoms with Crippen molar-refractivity contribution in [3.63, 3.8) is 0 Å². The fraction of sp³-hybridized carbons (Fsp3) is 0.636. The zero-order valence-corrected chi connectivity index (χ0v) is 9.45. The molecule has 2 atom stereocenters. The SMILES string of the molecule is CC(NCC(C)N(C)C)c1ccco1. The molecule has 1 aromatic rings. The van der Waals surface area contributed by atoms with E-state index in [0.717, 1.165) is 12.3 Å². The van der Waals surface area contributed by atoms with Crippen LogP contribution in [0.4, 0.5) is 0 Å². The molecule has 80 valence electrons. The smallest absolute Gasteiger partial charge is 0.120 e. The molecule has 0 saturated carbocycles. The maximum atomic E-state index is 5.31. The summed E-state index contributed by atoms with van der Waals surface area (Å²) in [6, 6.07) is 4.74. The summed E-state index contributed by atoms with van der Waals surface area (Å²) in [5.41, 5.74) is 0. The largest absolute Gasteiger partial charge is 0.468 e. The lowest BCUT2D eigenvalue weighted by atomic mass is 10.2. The van der Waals surface area contributed by atoms with Crippen LogP contribution in [0, 0.1) is 0 Å². The van der Waals surface area contributed by atoms with Gasteiger partial charge < -0.3 is 14.6 Å². The van der Waals surface area contributed by atoms with Gasteiger partial charge in [0.2, 0.25) is 0 Å². The molecule has 0 aliphatic carbocycles. The lowest BCUT2D eigenvalue weighted by Crippen LogP contribution is -2.36. The van der Waals surface area contributed by atoms with E-state index in [1.165, 1.54) is 0 Å². The van der Waals surface area contributed by atoms with Crippen LogP contribution in [-0.2, 0) is 0 Å². The molecule has 1 rings (SSSR count). The molecule has 3 nitrogen and oxygen atoms in total. The Morgan fingerprint density at radius 2 is 2.14 bits per heavy atom. The van der Waals surface area contributed by atoms with E-state index in [-0.39, 0.29) is 6.04 Å². The zero-order chi connectivity index (χ0) is 10.6. The summed E-state index contributed by atoms with van der Waals surface area (Å²) in [4.78, 5) is 2.20. The summed E-state index contributed by atoms with van der Waals surface area (Å²) in [5.74, 6) is 0.996. The van der Waals surface area contributed by atoms with Crippen LogP contribution in [0.5, 0.6) is 0 Å². The predicted octanol–water partition coefficient (Wildman–Crippen LogP) is 1.88. The van der Waals surface area contributed by atoms with Gasteiger partial charge in [0, 0.05) is 12.6 Å². The number of likely N-dealkylation sites (N-methyl/N-ethyl adjacent to an activating group) is 1. The maximum Gasteiger partial charge on any atom is 0.120 e. The third kappa shape index (κ3) is 3.16. The molecule has 1 aromatic heterocycles. The van der Waals surface area contributed by atoms with Gasteiger partial charge in [-0.25, -0.2) is 0 Å². The molecule has 0 fully saturated rings. The maximum absolute atomic E-state index is 5.31. The first-order chi connectivity index (χ1) is 6.61. The Labute approximate surface area is 86.1 Å². The molecule has 0 aliphatic heterocycles. The van der Waals surface area contributed by atoms with Gasteiger partial charge in [-0.05, 0) is 40.1 Å². The van der Waals surface area contributed by atoms with Crippen LogP contribution in [-0.4, -0.2) is 31.6 Å². The second-order valence-corrected chi connectivity index (χ2v) is 3.96. The Morgan fingerprint density at radius 1 is 1.43 bits per heavy atom. The standard InChI is InChI=1S/C11H20N2O/c1-9(13(3)4)8-12-10(2)11-6-5-7-14-11/h5-7,9-10,12H,8H2,1-4H3. The van der Waals surface area contributed by atoms with E-state index in [1.807, 2.05) is 12.1 Å². The van der Waals surface area contributed by atoms with Crippen LogP contribution in [0.3, 0.4) is 0 Å². The van der Waals surface area contributed by atoms with E-state index in [0.29, 0.717) is 6.04 Å². The van der Waals surface area contributed by atoms with Crippen molar-refractivity contribution in [3.8, 4) is 0 Å². The highest BCUT2D eigenvalue weighted by atomic mass is 16.3. The van der Waals surface area contributed by atoms with Gasteiger partial charge in [0.25, 0.3) is 0 Å². The van der Waals surface area contributed by atoms with Gasteiger partial charge in [0.15, 0.2) is 0 Å². The Morgan fingerprint density at radius 3 is 2.64 bits per heavy atom. The number of hydrogen-bond acceptors (Lipinski definition) is 3. The van der Waals surface area contributed by atoms with Gasteiger partial charge in [-0.3, -0.25) is 0 Å². The highest BCUT2D eigenvalue weighted by molar-refractivity contribution is 5.02. The van der Waals surface area contributed by atoms with Crippen LogP contribution in [0.15, 0.2) is 22.8 Å². The average molecular weight is 196 g/mol. The third-order valence-electron chi connectivity index (χ3n) is 2.57. The molecule has 0 bridgehead atoms. The number of nitrogens with one attached hydrogen (secondary N) is 1. The van der Waals surface area contributed by atoms with Crippen molar-refractivity contribution < 1.29 is 4.42 Å². The van der Waals surface area contributed by atoms with Crippen LogP contribution in [0.1, 0.15) is 25.6 Å². The minimum atomic E-state index is 0.285. The first-order valence-corrected chi connectivity index (χ1v) is 5.04. The molecule has 0 radical (unpaired) electrons. The number of furan rings is 1. The summed E-state index contributed by atoms with van der Waals surface area (Å²) in [5, 5.41) is 3.43. The van der Waals surface area contributed by atoms with Crippen LogP contribution in [0.25, 0.3) is 0 Å². The van der Waals surface area contributed by atoms with E-state index in [4.69, 9.17) is 4.42 Å². The second kappa shape index (κ2) is 5.17. The van der Waals surface area contributed by atoms with Crippen LogP contribution < -0.4 is 5.32 Å². The van der Waals surface area contributed by atoms with Crippen molar-refractivity contribution in [1.82, 2.24) is 10.2 Å². The first kappa shape index (κ1) is 11.3. The molecule has 0 spiro atoms. The van der Waals surface area contributed by atoms with Gasteiger partial charge in [0.05, 0.1) is 12.3 Å². The Balaban J connectivity index is 2.32. The lowest BCUT2D eigenvalue weighted by molar-refractivity contribution is 0.289. The zero-order valence-electron chi connectivity index (χ0n) is 9.45. The minimum absolute atomic E-state index is 0.285. The van der Waals surface area contributed by atoms with Crippen molar-refractivity contribution in [2.45, 2.75) is 25.9 Å². The Kier molecular flexibility index (Phi) is 4.17. The third-order valence-corrected chi connectivity index (χ3v) is 2.57.